The van der Waals surface area contributed by atoms with Crippen LogP contribution in [0.2, 0.25) is 5.02 Å². The Morgan fingerprint density at radius 1 is 0.900 bits per heavy atom. The molecule has 0 aliphatic rings. The molecule has 0 saturated heterocycles. The van der Waals surface area contributed by atoms with Gasteiger partial charge in [0.25, 0.3) is 0 Å². The third kappa shape index (κ3) is 3.14. The zero-order valence-corrected chi connectivity index (χ0v) is 13.1. The van der Waals surface area contributed by atoms with Gasteiger partial charge in [0.2, 0.25) is 0 Å². The van der Waals surface area contributed by atoms with Crippen LogP contribution in [0.1, 0.15) is 5.56 Å². The average Bonchev–Trinajstić information content (AvgIpc) is 2.45. The van der Waals surface area contributed by atoms with Gasteiger partial charge in [-0.3, -0.25) is 0 Å². The van der Waals surface area contributed by atoms with Crippen molar-refractivity contribution in [3.8, 4) is 0 Å². The lowest BCUT2D eigenvalue weighted by Crippen LogP contribution is -1.98. The first kappa shape index (κ1) is 13.5. The monoisotopic (exact) mass is 345 g/mol. The highest BCUT2D eigenvalue weighted by atomic mass is 79.9. The Bertz CT molecular complexity index is 755. The average molecular weight is 347 g/mol. The van der Waals surface area contributed by atoms with Gasteiger partial charge in [0.05, 0.1) is 0 Å². The molecule has 0 aliphatic heterocycles. The summed E-state index contributed by atoms with van der Waals surface area (Å²) in [6.45, 7) is 0.766. The van der Waals surface area contributed by atoms with Crippen LogP contribution in [0.3, 0.4) is 0 Å². The largest absolute Gasteiger partial charge is 0.381 e. The van der Waals surface area contributed by atoms with Crippen LogP contribution in [0, 0.1) is 0 Å². The van der Waals surface area contributed by atoms with E-state index in [1.165, 1.54) is 16.3 Å². The maximum absolute atomic E-state index is 5.99. The van der Waals surface area contributed by atoms with E-state index in [1.807, 2.05) is 18.2 Å². The van der Waals surface area contributed by atoms with Crippen molar-refractivity contribution in [2.45, 2.75) is 6.54 Å². The van der Waals surface area contributed by atoms with Gasteiger partial charge in [0.1, 0.15) is 0 Å². The van der Waals surface area contributed by atoms with E-state index >= 15 is 0 Å². The summed E-state index contributed by atoms with van der Waals surface area (Å²) in [5.74, 6) is 0. The van der Waals surface area contributed by atoms with Gasteiger partial charge in [-0.25, -0.2) is 0 Å². The molecule has 0 unspecified atom stereocenters. The van der Waals surface area contributed by atoms with Crippen molar-refractivity contribution in [3.05, 3.63) is 75.7 Å². The second kappa shape index (κ2) is 5.86. The Hall–Kier alpha value is -1.51. The maximum Gasteiger partial charge on any atom is 0.0409 e. The number of nitrogens with one attached hydrogen (secondary N) is 1. The maximum atomic E-state index is 5.99. The molecule has 0 radical (unpaired) electrons. The van der Waals surface area contributed by atoms with E-state index in [1.54, 1.807) is 0 Å². The summed E-state index contributed by atoms with van der Waals surface area (Å²) in [4.78, 5) is 0. The zero-order chi connectivity index (χ0) is 13.9. The van der Waals surface area contributed by atoms with Crippen molar-refractivity contribution in [3.63, 3.8) is 0 Å². The van der Waals surface area contributed by atoms with Gasteiger partial charge in [0.15, 0.2) is 0 Å². The number of fused-ring (bicyclic) bond motifs is 1. The van der Waals surface area contributed by atoms with Gasteiger partial charge >= 0.3 is 0 Å². The molecule has 20 heavy (non-hydrogen) atoms. The molecule has 0 spiro atoms. The summed E-state index contributed by atoms with van der Waals surface area (Å²) in [7, 11) is 0. The van der Waals surface area contributed by atoms with Crippen LogP contribution in [0.25, 0.3) is 10.8 Å². The number of rotatable bonds is 3. The lowest BCUT2D eigenvalue weighted by molar-refractivity contribution is 1.15. The molecule has 1 nitrogen and oxygen atoms in total. The van der Waals surface area contributed by atoms with Crippen LogP contribution in [-0.4, -0.2) is 0 Å². The van der Waals surface area contributed by atoms with Crippen LogP contribution < -0.4 is 5.32 Å². The van der Waals surface area contributed by atoms with Crippen LogP contribution in [-0.2, 0) is 6.54 Å². The molecule has 0 amide bonds. The molecule has 0 heterocycles. The molecule has 0 aromatic heterocycles. The van der Waals surface area contributed by atoms with Crippen molar-refractivity contribution in [2.75, 3.05) is 5.32 Å². The Morgan fingerprint density at radius 2 is 1.70 bits per heavy atom. The summed E-state index contributed by atoms with van der Waals surface area (Å²) in [5.41, 5.74) is 2.29. The number of hydrogen-bond acceptors (Lipinski definition) is 1. The third-order valence-corrected chi connectivity index (χ3v) is 3.92. The smallest absolute Gasteiger partial charge is 0.0409 e. The summed E-state index contributed by atoms with van der Waals surface area (Å²) < 4.78 is 1.10. The molecule has 100 valence electrons. The summed E-state index contributed by atoms with van der Waals surface area (Å²) in [6.07, 6.45) is 0. The van der Waals surface area contributed by atoms with E-state index in [-0.39, 0.29) is 0 Å². The molecule has 3 aromatic rings. The summed E-state index contributed by atoms with van der Waals surface area (Å²) in [6, 6.07) is 20.6. The van der Waals surface area contributed by atoms with E-state index in [2.05, 4.69) is 63.7 Å². The predicted molar refractivity (Wildman–Crippen MR) is 90.4 cm³/mol. The molecule has 0 aliphatic carbocycles. The van der Waals surface area contributed by atoms with Crippen LogP contribution in [0.4, 0.5) is 5.69 Å². The van der Waals surface area contributed by atoms with Crippen LogP contribution in [0.5, 0.6) is 0 Å². The normalized spacial score (nSPS) is 10.7. The molecular weight excluding hydrogens is 334 g/mol. The third-order valence-electron chi connectivity index (χ3n) is 3.19. The van der Waals surface area contributed by atoms with E-state index in [9.17, 15) is 0 Å². The highest BCUT2D eigenvalue weighted by molar-refractivity contribution is 9.10. The van der Waals surface area contributed by atoms with Crippen molar-refractivity contribution < 1.29 is 0 Å². The minimum atomic E-state index is 0.766. The Labute approximate surface area is 131 Å². The Kier molecular flexibility index (Phi) is 3.95. The first-order chi connectivity index (χ1) is 9.70. The van der Waals surface area contributed by atoms with E-state index in [4.69, 9.17) is 11.6 Å². The predicted octanol–water partition coefficient (Wildman–Crippen LogP) is 5.87. The fourth-order valence-electron chi connectivity index (χ4n) is 2.18. The summed E-state index contributed by atoms with van der Waals surface area (Å²) >= 11 is 9.48. The zero-order valence-electron chi connectivity index (χ0n) is 10.7. The highest BCUT2D eigenvalue weighted by Crippen LogP contribution is 2.23. The highest BCUT2D eigenvalue weighted by Gasteiger charge is 1.99. The van der Waals surface area contributed by atoms with E-state index < -0.39 is 0 Å². The molecule has 1 N–H and O–H groups in total. The molecule has 0 bridgehead atoms. The number of hydrogen-bond donors (Lipinski definition) is 1. The SMILES string of the molecule is Clc1cccc(CNc2ccc3cc(Br)ccc3c2)c1. The quantitative estimate of drug-likeness (QED) is 0.625. The van der Waals surface area contributed by atoms with Crippen molar-refractivity contribution >= 4 is 44.0 Å². The van der Waals surface area contributed by atoms with Gasteiger partial charge in [0, 0.05) is 21.7 Å². The first-order valence-electron chi connectivity index (χ1n) is 6.38. The number of anilines is 1. The van der Waals surface area contributed by atoms with Gasteiger partial charge in [-0.2, -0.15) is 0 Å². The van der Waals surface area contributed by atoms with Gasteiger partial charge in [-0.1, -0.05) is 51.8 Å². The lowest BCUT2D eigenvalue weighted by Gasteiger charge is -2.08. The second-order valence-corrected chi connectivity index (χ2v) is 6.04. The van der Waals surface area contributed by atoms with Crippen molar-refractivity contribution in [1.29, 1.82) is 0 Å². The van der Waals surface area contributed by atoms with E-state index in [0.717, 1.165) is 21.7 Å². The molecule has 3 rings (SSSR count). The van der Waals surface area contributed by atoms with Gasteiger partial charge < -0.3 is 5.32 Å². The molecule has 0 fully saturated rings. The van der Waals surface area contributed by atoms with Gasteiger partial charge in [-0.05, 0) is 52.7 Å². The Morgan fingerprint density at radius 3 is 2.55 bits per heavy atom. The number of halogens is 2. The molecule has 3 aromatic carbocycles. The topological polar surface area (TPSA) is 12.0 Å². The Balaban J connectivity index is 1.79. The van der Waals surface area contributed by atoms with E-state index in [0.29, 0.717) is 0 Å². The number of benzene rings is 3. The van der Waals surface area contributed by atoms with Crippen molar-refractivity contribution in [1.82, 2.24) is 0 Å². The standard InChI is InChI=1S/C17H13BrClN/c18-15-6-4-14-10-17(7-5-13(14)9-15)20-11-12-2-1-3-16(19)8-12/h1-10,20H,11H2. The van der Waals surface area contributed by atoms with Crippen LogP contribution >= 0.6 is 27.5 Å². The van der Waals surface area contributed by atoms with Gasteiger partial charge in [-0.15, -0.1) is 0 Å². The molecular formula is C17H13BrClN. The lowest BCUT2D eigenvalue weighted by atomic mass is 10.1. The molecule has 0 saturated carbocycles. The minimum Gasteiger partial charge on any atom is -0.381 e. The fourth-order valence-corrected chi connectivity index (χ4v) is 2.77. The minimum absolute atomic E-state index is 0.766. The van der Waals surface area contributed by atoms with Crippen LogP contribution in [0.15, 0.2) is 65.1 Å². The van der Waals surface area contributed by atoms with Crippen molar-refractivity contribution in [2.24, 2.45) is 0 Å². The second-order valence-electron chi connectivity index (χ2n) is 4.69. The fraction of sp³-hybridized carbons (Fsp3) is 0.0588. The first-order valence-corrected chi connectivity index (χ1v) is 7.55. The molecule has 3 heteroatoms. The summed E-state index contributed by atoms with van der Waals surface area (Å²) in [5, 5.41) is 6.65. The molecule has 0 atom stereocenters.